The lowest BCUT2D eigenvalue weighted by Crippen LogP contribution is -2.06. The summed E-state index contributed by atoms with van der Waals surface area (Å²) in [7, 11) is 0. The van der Waals surface area contributed by atoms with Gasteiger partial charge in [-0.3, -0.25) is 0 Å². The van der Waals surface area contributed by atoms with Crippen molar-refractivity contribution in [1.82, 2.24) is 4.98 Å². The summed E-state index contributed by atoms with van der Waals surface area (Å²) in [6.45, 7) is 4.28. The number of aromatic amines is 1. The van der Waals surface area contributed by atoms with Crippen LogP contribution < -0.4 is 5.73 Å². The molecule has 1 aromatic heterocycles. The van der Waals surface area contributed by atoms with Crippen molar-refractivity contribution >= 4 is 11.8 Å². The van der Waals surface area contributed by atoms with Crippen LogP contribution in [0.15, 0.2) is 24.4 Å². The van der Waals surface area contributed by atoms with Crippen molar-refractivity contribution in [2.75, 3.05) is 0 Å². The van der Waals surface area contributed by atoms with Crippen LogP contribution in [-0.4, -0.2) is 4.98 Å². The van der Waals surface area contributed by atoms with Gasteiger partial charge in [-0.2, -0.15) is 0 Å². The molecule has 0 aliphatic heterocycles. The molecule has 2 heteroatoms. The Morgan fingerprint density at radius 3 is 2.92 bits per heavy atom. The van der Waals surface area contributed by atoms with E-state index in [1.165, 1.54) is 5.56 Å². The molecule has 1 heterocycles. The van der Waals surface area contributed by atoms with Gasteiger partial charge in [-0.05, 0) is 12.1 Å². The largest absolute Gasteiger partial charge is 0.397 e. The number of hydrogen-bond acceptors (Lipinski definition) is 1. The molecule has 0 amide bonds. The van der Waals surface area contributed by atoms with Crippen molar-refractivity contribution in [2.45, 2.75) is 13.8 Å². The summed E-state index contributed by atoms with van der Waals surface area (Å²) in [6.07, 6.45) is 8.27. The Bertz CT molecular complexity index is 381. The van der Waals surface area contributed by atoms with Gasteiger partial charge in [0.1, 0.15) is 0 Å². The maximum absolute atomic E-state index is 5.96. The molecule has 0 aromatic carbocycles. The van der Waals surface area contributed by atoms with Gasteiger partial charge in [0.05, 0.1) is 11.4 Å². The summed E-state index contributed by atoms with van der Waals surface area (Å²) in [5.74, 6) is 0. The van der Waals surface area contributed by atoms with Crippen LogP contribution in [0.1, 0.15) is 25.1 Å². The highest BCUT2D eigenvalue weighted by atomic mass is 14.8. The fourth-order valence-corrected chi connectivity index (χ4v) is 1.60. The third kappa shape index (κ3) is 1.39. The predicted molar refractivity (Wildman–Crippen MR) is 55.8 cm³/mol. The van der Waals surface area contributed by atoms with Gasteiger partial charge in [-0.15, -0.1) is 0 Å². The van der Waals surface area contributed by atoms with E-state index in [1.54, 1.807) is 0 Å². The topological polar surface area (TPSA) is 41.8 Å². The fourth-order valence-electron chi connectivity index (χ4n) is 1.60. The Kier molecular flexibility index (Phi) is 1.59. The first-order chi connectivity index (χ1) is 6.08. The molecule has 0 atom stereocenters. The molecule has 1 aromatic rings. The predicted octanol–water partition coefficient (Wildman–Crippen LogP) is 2.37. The number of rotatable bonds is 0. The number of allylic oxidation sites excluding steroid dienone is 2. The molecule has 0 unspecified atom stereocenters. The summed E-state index contributed by atoms with van der Waals surface area (Å²) in [4.78, 5) is 3.14. The highest BCUT2D eigenvalue weighted by Crippen LogP contribution is 2.29. The van der Waals surface area contributed by atoms with E-state index in [1.807, 2.05) is 12.3 Å². The Balaban J connectivity index is 2.58. The van der Waals surface area contributed by atoms with E-state index in [2.05, 4.69) is 37.1 Å². The zero-order valence-corrected chi connectivity index (χ0v) is 7.96. The Hall–Kier alpha value is -1.44. The highest BCUT2D eigenvalue weighted by Gasteiger charge is 2.16. The second kappa shape index (κ2) is 2.52. The molecule has 0 radical (unpaired) electrons. The average molecular weight is 174 g/mol. The molecule has 2 rings (SSSR count). The second-order valence-corrected chi connectivity index (χ2v) is 4.06. The first-order valence-electron chi connectivity index (χ1n) is 4.44. The number of nitrogens with two attached hydrogens (primary N) is 1. The monoisotopic (exact) mass is 174 g/mol. The number of hydrogen-bond donors (Lipinski definition) is 2. The van der Waals surface area contributed by atoms with E-state index in [4.69, 9.17) is 5.73 Å². The smallest absolute Gasteiger partial charge is 0.0684 e. The lowest BCUT2D eigenvalue weighted by molar-refractivity contribution is 0.631. The SMILES string of the molecule is CC1(C)C=Cc2cc[nH]c2C(N)=C1. The fraction of sp³-hybridized carbons (Fsp3) is 0.273. The van der Waals surface area contributed by atoms with Crippen molar-refractivity contribution in [3.05, 3.63) is 35.7 Å². The zero-order valence-electron chi connectivity index (χ0n) is 7.96. The molecular weight excluding hydrogens is 160 g/mol. The summed E-state index contributed by atoms with van der Waals surface area (Å²) < 4.78 is 0. The van der Waals surface area contributed by atoms with Crippen LogP contribution >= 0.6 is 0 Å². The number of aromatic nitrogens is 1. The zero-order chi connectivity index (χ0) is 9.47. The third-order valence-corrected chi connectivity index (χ3v) is 2.29. The second-order valence-electron chi connectivity index (χ2n) is 4.06. The lowest BCUT2D eigenvalue weighted by atomic mass is 9.92. The van der Waals surface area contributed by atoms with Gasteiger partial charge in [0.25, 0.3) is 0 Å². The van der Waals surface area contributed by atoms with Gasteiger partial charge in [0.2, 0.25) is 0 Å². The molecule has 0 bridgehead atoms. The Morgan fingerprint density at radius 1 is 1.38 bits per heavy atom. The van der Waals surface area contributed by atoms with E-state index in [9.17, 15) is 0 Å². The molecule has 0 saturated carbocycles. The van der Waals surface area contributed by atoms with Crippen LogP contribution in [0, 0.1) is 5.41 Å². The van der Waals surface area contributed by atoms with Crippen molar-refractivity contribution < 1.29 is 0 Å². The van der Waals surface area contributed by atoms with Crippen LogP contribution in [0.2, 0.25) is 0 Å². The maximum atomic E-state index is 5.96. The van der Waals surface area contributed by atoms with E-state index < -0.39 is 0 Å². The van der Waals surface area contributed by atoms with Gasteiger partial charge in [-0.1, -0.05) is 26.0 Å². The average Bonchev–Trinajstić information content (AvgIpc) is 2.43. The van der Waals surface area contributed by atoms with Crippen molar-refractivity contribution in [1.29, 1.82) is 0 Å². The molecule has 2 nitrogen and oxygen atoms in total. The molecule has 3 N–H and O–H groups in total. The van der Waals surface area contributed by atoms with Gasteiger partial charge in [0.15, 0.2) is 0 Å². The summed E-state index contributed by atoms with van der Waals surface area (Å²) in [5.41, 5.74) is 9.03. The van der Waals surface area contributed by atoms with Gasteiger partial charge >= 0.3 is 0 Å². The third-order valence-electron chi connectivity index (χ3n) is 2.29. The first-order valence-corrected chi connectivity index (χ1v) is 4.44. The minimum absolute atomic E-state index is 0.0456. The minimum atomic E-state index is 0.0456. The molecule has 68 valence electrons. The quantitative estimate of drug-likeness (QED) is 0.623. The molecule has 0 fully saturated rings. The maximum Gasteiger partial charge on any atom is 0.0684 e. The first kappa shape index (κ1) is 8.17. The molecule has 1 aliphatic rings. The van der Waals surface area contributed by atoms with Gasteiger partial charge in [0, 0.05) is 17.2 Å². The normalized spacial score (nSPS) is 19.1. The Morgan fingerprint density at radius 2 is 2.15 bits per heavy atom. The van der Waals surface area contributed by atoms with Crippen LogP contribution in [0.3, 0.4) is 0 Å². The van der Waals surface area contributed by atoms with Crippen LogP contribution in [0.4, 0.5) is 0 Å². The van der Waals surface area contributed by atoms with Gasteiger partial charge < -0.3 is 10.7 Å². The molecule has 13 heavy (non-hydrogen) atoms. The number of fused-ring (bicyclic) bond motifs is 1. The number of H-pyrrole nitrogens is 1. The van der Waals surface area contributed by atoms with Crippen molar-refractivity contribution in [3.63, 3.8) is 0 Å². The van der Waals surface area contributed by atoms with Crippen molar-refractivity contribution in [2.24, 2.45) is 11.1 Å². The Labute approximate surface area is 78.2 Å². The van der Waals surface area contributed by atoms with E-state index >= 15 is 0 Å². The van der Waals surface area contributed by atoms with Crippen LogP contribution in [-0.2, 0) is 0 Å². The van der Waals surface area contributed by atoms with E-state index in [0.29, 0.717) is 0 Å². The summed E-state index contributed by atoms with van der Waals surface area (Å²) in [6, 6.07) is 2.04. The van der Waals surface area contributed by atoms with Crippen LogP contribution in [0.25, 0.3) is 11.8 Å². The molecule has 0 spiro atoms. The van der Waals surface area contributed by atoms with Gasteiger partial charge in [-0.25, -0.2) is 0 Å². The summed E-state index contributed by atoms with van der Waals surface area (Å²) >= 11 is 0. The van der Waals surface area contributed by atoms with Crippen LogP contribution in [0.5, 0.6) is 0 Å². The lowest BCUT2D eigenvalue weighted by Gasteiger charge is -2.13. The minimum Gasteiger partial charge on any atom is -0.397 e. The standard InChI is InChI=1S/C11H14N2/c1-11(2)5-3-8-4-6-13-10(8)9(12)7-11/h3-7,13H,12H2,1-2H3. The molecular formula is C11H14N2. The van der Waals surface area contributed by atoms with E-state index in [0.717, 1.165) is 11.4 Å². The molecule has 0 saturated heterocycles. The van der Waals surface area contributed by atoms with Crippen molar-refractivity contribution in [3.8, 4) is 0 Å². The molecule has 1 aliphatic carbocycles. The van der Waals surface area contributed by atoms with E-state index in [-0.39, 0.29) is 5.41 Å². The highest BCUT2D eigenvalue weighted by molar-refractivity contribution is 5.73. The number of nitrogens with one attached hydrogen (secondary N) is 1. The summed E-state index contributed by atoms with van der Waals surface area (Å²) in [5, 5.41) is 0.